The fourth-order valence-electron chi connectivity index (χ4n) is 2.13. The van der Waals surface area contributed by atoms with Crippen LogP contribution in [0.4, 0.5) is 0 Å². The van der Waals surface area contributed by atoms with Gasteiger partial charge in [0.15, 0.2) is 0 Å². The minimum absolute atomic E-state index is 0.202. The summed E-state index contributed by atoms with van der Waals surface area (Å²) < 4.78 is 0. The number of aliphatic hydroxyl groups is 1. The van der Waals surface area contributed by atoms with Crippen LogP contribution < -0.4 is 5.32 Å². The lowest BCUT2D eigenvalue weighted by Gasteiger charge is -2.12. The lowest BCUT2D eigenvalue weighted by atomic mass is 10.1. The van der Waals surface area contributed by atoms with E-state index in [2.05, 4.69) is 5.32 Å². The van der Waals surface area contributed by atoms with Crippen LogP contribution in [0.1, 0.15) is 23.7 Å². The first kappa shape index (κ1) is 15.4. The van der Waals surface area contributed by atoms with Crippen molar-refractivity contribution in [3.05, 3.63) is 59.7 Å². The van der Waals surface area contributed by atoms with Gasteiger partial charge in [0.1, 0.15) is 11.5 Å². The van der Waals surface area contributed by atoms with Crippen molar-refractivity contribution in [1.29, 1.82) is 0 Å². The molecule has 2 aromatic rings. The van der Waals surface area contributed by atoms with Gasteiger partial charge < -0.3 is 20.6 Å². The molecule has 4 heteroatoms. The lowest BCUT2D eigenvalue weighted by molar-refractivity contribution is 0.175. The van der Waals surface area contributed by atoms with E-state index in [-0.39, 0.29) is 11.5 Å². The molecule has 1 unspecified atom stereocenters. The molecule has 0 aliphatic carbocycles. The van der Waals surface area contributed by atoms with Gasteiger partial charge in [0, 0.05) is 6.54 Å². The van der Waals surface area contributed by atoms with Crippen LogP contribution in [0.2, 0.25) is 0 Å². The molecule has 21 heavy (non-hydrogen) atoms. The van der Waals surface area contributed by atoms with Gasteiger partial charge in [-0.3, -0.25) is 0 Å². The number of rotatable bonds is 7. The van der Waals surface area contributed by atoms with Crippen molar-refractivity contribution >= 4 is 0 Å². The van der Waals surface area contributed by atoms with Crippen LogP contribution in [0.3, 0.4) is 0 Å². The van der Waals surface area contributed by atoms with Gasteiger partial charge in [-0.25, -0.2) is 0 Å². The quantitative estimate of drug-likeness (QED) is 0.590. The summed E-state index contributed by atoms with van der Waals surface area (Å²) in [6.07, 6.45) is 1.33. The Kier molecular flexibility index (Phi) is 5.60. The molecule has 4 N–H and O–H groups in total. The van der Waals surface area contributed by atoms with Crippen LogP contribution in [0.25, 0.3) is 0 Å². The standard InChI is InChI=1S/C17H21NO3/c19-15-7-3-13(4-8-15)2-1-11-18-12-17(21)14-5-9-16(20)10-6-14/h3-10,17-21H,1-2,11-12H2. The highest BCUT2D eigenvalue weighted by Gasteiger charge is 2.06. The van der Waals surface area contributed by atoms with Crippen molar-refractivity contribution in [3.63, 3.8) is 0 Å². The van der Waals surface area contributed by atoms with Gasteiger partial charge in [0.25, 0.3) is 0 Å². The van der Waals surface area contributed by atoms with Crippen molar-refractivity contribution in [2.75, 3.05) is 13.1 Å². The minimum Gasteiger partial charge on any atom is -0.508 e. The highest BCUT2D eigenvalue weighted by Crippen LogP contribution is 2.16. The van der Waals surface area contributed by atoms with E-state index in [1.165, 1.54) is 5.56 Å². The monoisotopic (exact) mass is 287 g/mol. The number of aromatic hydroxyl groups is 2. The number of hydrogen-bond acceptors (Lipinski definition) is 4. The zero-order valence-corrected chi connectivity index (χ0v) is 11.9. The first-order valence-electron chi connectivity index (χ1n) is 7.11. The summed E-state index contributed by atoms with van der Waals surface area (Å²) in [6, 6.07) is 13.8. The van der Waals surface area contributed by atoms with E-state index in [0.29, 0.717) is 6.54 Å². The molecule has 0 bridgehead atoms. The predicted molar refractivity (Wildman–Crippen MR) is 82.4 cm³/mol. The van der Waals surface area contributed by atoms with Gasteiger partial charge in [-0.15, -0.1) is 0 Å². The Balaban J connectivity index is 1.65. The number of aryl methyl sites for hydroxylation is 1. The zero-order valence-electron chi connectivity index (χ0n) is 11.9. The van der Waals surface area contributed by atoms with E-state index >= 15 is 0 Å². The summed E-state index contributed by atoms with van der Waals surface area (Å²) >= 11 is 0. The van der Waals surface area contributed by atoms with Gasteiger partial charge in [-0.05, 0) is 54.8 Å². The van der Waals surface area contributed by atoms with Crippen molar-refractivity contribution in [2.24, 2.45) is 0 Å². The second-order valence-corrected chi connectivity index (χ2v) is 5.08. The molecule has 112 valence electrons. The number of phenolic OH excluding ortho intramolecular Hbond substituents is 2. The third-order valence-corrected chi connectivity index (χ3v) is 3.37. The largest absolute Gasteiger partial charge is 0.508 e. The Hall–Kier alpha value is -2.04. The van der Waals surface area contributed by atoms with Crippen LogP contribution in [0.15, 0.2) is 48.5 Å². The first-order valence-corrected chi connectivity index (χ1v) is 7.11. The molecule has 0 aliphatic heterocycles. The van der Waals surface area contributed by atoms with E-state index < -0.39 is 6.10 Å². The molecule has 0 radical (unpaired) electrons. The molecule has 1 atom stereocenters. The van der Waals surface area contributed by atoms with E-state index in [1.54, 1.807) is 36.4 Å². The molecule has 0 heterocycles. The van der Waals surface area contributed by atoms with Crippen LogP contribution in [0.5, 0.6) is 11.5 Å². The number of benzene rings is 2. The summed E-state index contributed by atoms with van der Waals surface area (Å²) in [5.41, 5.74) is 1.98. The highest BCUT2D eigenvalue weighted by atomic mass is 16.3. The molecule has 0 fully saturated rings. The third kappa shape index (κ3) is 5.10. The summed E-state index contributed by atoms with van der Waals surface area (Å²) in [7, 11) is 0. The maximum atomic E-state index is 9.99. The number of nitrogens with one attached hydrogen (secondary N) is 1. The normalized spacial score (nSPS) is 12.2. The van der Waals surface area contributed by atoms with Crippen LogP contribution in [-0.2, 0) is 6.42 Å². The average Bonchev–Trinajstić information content (AvgIpc) is 2.49. The fourth-order valence-corrected chi connectivity index (χ4v) is 2.13. The smallest absolute Gasteiger partial charge is 0.115 e. The molecule has 2 rings (SSSR count). The first-order chi connectivity index (χ1) is 10.1. The molecule has 0 aliphatic rings. The summed E-state index contributed by atoms with van der Waals surface area (Å²) in [5, 5.41) is 31.6. The summed E-state index contributed by atoms with van der Waals surface area (Å²) in [6.45, 7) is 1.30. The van der Waals surface area contributed by atoms with E-state index in [9.17, 15) is 15.3 Å². The van der Waals surface area contributed by atoms with E-state index in [1.807, 2.05) is 12.1 Å². The molecule has 2 aromatic carbocycles. The zero-order chi connectivity index (χ0) is 15.1. The Morgan fingerprint density at radius 2 is 1.43 bits per heavy atom. The Morgan fingerprint density at radius 1 is 0.857 bits per heavy atom. The topological polar surface area (TPSA) is 72.7 Å². The molecule has 0 amide bonds. The lowest BCUT2D eigenvalue weighted by Crippen LogP contribution is -2.22. The second-order valence-electron chi connectivity index (χ2n) is 5.08. The molecule has 0 aromatic heterocycles. The average molecular weight is 287 g/mol. The third-order valence-electron chi connectivity index (χ3n) is 3.37. The minimum atomic E-state index is -0.570. The maximum Gasteiger partial charge on any atom is 0.115 e. The van der Waals surface area contributed by atoms with Gasteiger partial charge in [-0.1, -0.05) is 24.3 Å². The molecule has 0 saturated carbocycles. The van der Waals surface area contributed by atoms with Crippen molar-refractivity contribution < 1.29 is 15.3 Å². The number of hydrogen-bond donors (Lipinski definition) is 4. The SMILES string of the molecule is Oc1ccc(CCCNCC(O)c2ccc(O)cc2)cc1. The summed E-state index contributed by atoms with van der Waals surface area (Å²) in [4.78, 5) is 0. The second kappa shape index (κ2) is 7.67. The molecule has 0 saturated heterocycles. The van der Waals surface area contributed by atoms with Crippen molar-refractivity contribution in [2.45, 2.75) is 18.9 Å². The molecule has 0 spiro atoms. The van der Waals surface area contributed by atoms with Crippen LogP contribution in [0, 0.1) is 0 Å². The predicted octanol–water partition coefficient (Wildman–Crippen LogP) is 2.35. The van der Waals surface area contributed by atoms with Gasteiger partial charge in [-0.2, -0.15) is 0 Å². The van der Waals surface area contributed by atoms with E-state index in [4.69, 9.17) is 0 Å². The Bertz CT molecular complexity index is 537. The number of phenols is 2. The van der Waals surface area contributed by atoms with Crippen molar-refractivity contribution in [3.8, 4) is 11.5 Å². The maximum absolute atomic E-state index is 9.99. The Labute approximate surface area is 124 Å². The summed E-state index contributed by atoms with van der Waals surface area (Å²) in [5.74, 6) is 0.488. The van der Waals surface area contributed by atoms with Gasteiger partial charge >= 0.3 is 0 Å². The van der Waals surface area contributed by atoms with Gasteiger partial charge in [0.2, 0.25) is 0 Å². The van der Waals surface area contributed by atoms with Crippen LogP contribution >= 0.6 is 0 Å². The van der Waals surface area contributed by atoms with Gasteiger partial charge in [0.05, 0.1) is 6.10 Å². The number of aliphatic hydroxyl groups excluding tert-OH is 1. The Morgan fingerprint density at radius 3 is 2.05 bits per heavy atom. The van der Waals surface area contributed by atoms with Crippen molar-refractivity contribution in [1.82, 2.24) is 5.32 Å². The molecular formula is C17H21NO3. The fraction of sp³-hybridized carbons (Fsp3) is 0.294. The highest BCUT2D eigenvalue weighted by molar-refractivity contribution is 5.27. The van der Waals surface area contributed by atoms with E-state index in [0.717, 1.165) is 24.9 Å². The molecule has 4 nitrogen and oxygen atoms in total. The van der Waals surface area contributed by atoms with Crippen LogP contribution in [-0.4, -0.2) is 28.4 Å². The molecular weight excluding hydrogens is 266 g/mol.